The van der Waals surface area contributed by atoms with Crippen molar-refractivity contribution in [2.75, 3.05) is 6.61 Å². The average molecular weight is 426 g/mol. The van der Waals surface area contributed by atoms with Crippen molar-refractivity contribution in [2.24, 2.45) is 5.41 Å². The van der Waals surface area contributed by atoms with E-state index in [4.69, 9.17) is 19.3 Å². The number of rotatable bonds is 8. The van der Waals surface area contributed by atoms with Crippen LogP contribution in [0.4, 0.5) is 0 Å². The van der Waals surface area contributed by atoms with E-state index >= 15 is 0 Å². The first-order valence-electron chi connectivity index (χ1n) is 9.77. The van der Waals surface area contributed by atoms with Gasteiger partial charge in [-0.25, -0.2) is 4.79 Å². The Labute approximate surface area is 175 Å². The molecular formula is C21H30O9. The lowest BCUT2D eigenvalue weighted by Gasteiger charge is -2.39. The zero-order valence-corrected chi connectivity index (χ0v) is 17.6. The monoisotopic (exact) mass is 426 g/mol. The van der Waals surface area contributed by atoms with Crippen LogP contribution in [0.5, 0.6) is 5.75 Å². The minimum atomic E-state index is -1.84. The molecule has 0 saturated carbocycles. The Morgan fingerprint density at radius 3 is 2.40 bits per heavy atom. The largest absolute Gasteiger partial charge is 0.493 e. The number of aryl methyl sites for hydroxylation is 2. The Morgan fingerprint density at radius 1 is 1.10 bits per heavy atom. The molecule has 9 nitrogen and oxygen atoms in total. The number of aliphatic hydroxyl groups is 3. The zero-order chi connectivity index (χ0) is 22.6. The summed E-state index contributed by atoms with van der Waals surface area (Å²) in [5.74, 6) is -1.50. The third-order valence-corrected chi connectivity index (χ3v) is 5.14. The highest BCUT2D eigenvalue weighted by Gasteiger charge is 2.49. The molecular weight excluding hydrogens is 396 g/mol. The predicted molar refractivity (Wildman–Crippen MR) is 105 cm³/mol. The van der Waals surface area contributed by atoms with E-state index < -0.39 is 48.1 Å². The summed E-state index contributed by atoms with van der Waals surface area (Å²) < 4.78 is 15.9. The molecule has 0 spiro atoms. The van der Waals surface area contributed by atoms with Crippen LogP contribution in [0.25, 0.3) is 0 Å². The van der Waals surface area contributed by atoms with E-state index in [0.717, 1.165) is 16.9 Å². The van der Waals surface area contributed by atoms with Crippen LogP contribution < -0.4 is 4.74 Å². The lowest BCUT2D eigenvalue weighted by Crippen LogP contribution is -2.61. The molecule has 1 saturated heterocycles. The molecule has 0 aromatic heterocycles. The molecule has 1 aromatic carbocycles. The average Bonchev–Trinajstić information content (AvgIpc) is 2.67. The fourth-order valence-corrected chi connectivity index (χ4v) is 3.08. The summed E-state index contributed by atoms with van der Waals surface area (Å²) in [5.41, 5.74) is 1.11. The second-order valence-electron chi connectivity index (χ2n) is 8.25. The molecule has 2 rings (SSSR count). The molecule has 0 unspecified atom stereocenters. The molecule has 0 amide bonds. The lowest BCUT2D eigenvalue weighted by molar-refractivity contribution is -0.288. The highest BCUT2D eigenvalue weighted by molar-refractivity contribution is 5.76. The number of ether oxygens (including phenoxy) is 3. The van der Waals surface area contributed by atoms with Gasteiger partial charge in [-0.2, -0.15) is 0 Å². The molecule has 4 N–H and O–H groups in total. The minimum absolute atomic E-state index is 0.384. The number of carboxylic acid groups (broad SMARTS) is 1. The van der Waals surface area contributed by atoms with Crippen LogP contribution in [0.1, 0.15) is 37.8 Å². The molecule has 0 radical (unpaired) electrons. The molecule has 30 heavy (non-hydrogen) atoms. The number of carbonyl (C=O) groups excluding carboxylic acids is 1. The van der Waals surface area contributed by atoms with Gasteiger partial charge in [-0.1, -0.05) is 12.1 Å². The maximum absolute atomic E-state index is 12.6. The summed E-state index contributed by atoms with van der Waals surface area (Å²) >= 11 is 0. The van der Waals surface area contributed by atoms with Crippen molar-refractivity contribution >= 4 is 11.9 Å². The highest BCUT2D eigenvalue weighted by atomic mass is 16.7. The van der Waals surface area contributed by atoms with Gasteiger partial charge in [0.2, 0.25) is 6.29 Å². The molecule has 1 heterocycles. The van der Waals surface area contributed by atoms with Gasteiger partial charge in [0.15, 0.2) is 6.10 Å². The van der Waals surface area contributed by atoms with Gasteiger partial charge in [-0.15, -0.1) is 0 Å². The van der Waals surface area contributed by atoms with Crippen molar-refractivity contribution in [2.45, 2.75) is 71.2 Å². The molecule has 168 valence electrons. The lowest BCUT2D eigenvalue weighted by atomic mass is 9.88. The van der Waals surface area contributed by atoms with Crippen LogP contribution >= 0.6 is 0 Å². The Kier molecular flexibility index (Phi) is 7.81. The first kappa shape index (κ1) is 24.1. The molecule has 9 heteroatoms. The summed E-state index contributed by atoms with van der Waals surface area (Å²) in [5, 5.41) is 38.6. The first-order valence-corrected chi connectivity index (χ1v) is 9.77. The standard InChI is InChI=1S/C21H30O9/c1-11-6-7-12(2)13(10-11)28-9-5-8-21(3,4)20(27)30-19-16(24)14(22)15(23)17(29-19)18(25)26/h6-7,10,14-17,19,22-24H,5,8-9H2,1-4H3,(H,25,26)/t14-,15+,16-,17+,19+/m1/s1. The number of aliphatic carboxylic acids is 1. The van der Waals surface area contributed by atoms with Crippen LogP contribution in [-0.2, 0) is 19.1 Å². The molecule has 1 aromatic rings. The van der Waals surface area contributed by atoms with E-state index in [-0.39, 0.29) is 0 Å². The molecule has 1 fully saturated rings. The fraction of sp³-hybridized carbons (Fsp3) is 0.619. The number of hydrogen-bond donors (Lipinski definition) is 4. The Morgan fingerprint density at radius 2 is 1.77 bits per heavy atom. The van der Waals surface area contributed by atoms with Crippen LogP contribution in [0.3, 0.4) is 0 Å². The van der Waals surface area contributed by atoms with E-state index in [9.17, 15) is 24.9 Å². The predicted octanol–water partition coefficient (Wildman–Crippen LogP) is 0.924. The van der Waals surface area contributed by atoms with E-state index in [1.54, 1.807) is 13.8 Å². The van der Waals surface area contributed by atoms with Crippen LogP contribution in [0.15, 0.2) is 18.2 Å². The number of esters is 1. The second kappa shape index (κ2) is 9.74. The van der Waals surface area contributed by atoms with Crippen molar-refractivity contribution in [3.63, 3.8) is 0 Å². The van der Waals surface area contributed by atoms with Crippen molar-refractivity contribution in [1.29, 1.82) is 0 Å². The van der Waals surface area contributed by atoms with Gasteiger partial charge in [-0.05, 0) is 57.7 Å². The third-order valence-electron chi connectivity index (χ3n) is 5.14. The fourth-order valence-electron chi connectivity index (χ4n) is 3.08. The molecule has 5 atom stereocenters. The second-order valence-corrected chi connectivity index (χ2v) is 8.25. The van der Waals surface area contributed by atoms with E-state index in [1.165, 1.54) is 0 Å². The highest BCUT2D eigenvalue weighted by Crippen LogP contribution is 2.29. The smallest absolute Gasteiger partial charge is 0.335 e. The maximum Gasteiger partial charge on any atom is 0.335 e. The molecule has 0 aliphatic carbocycles. The zero-order valence-electron chi connectivity index (χ0n) is 17.6. The minimum Gasteiger partial charge on any atom is -0.493 e. The number of aliphatic hydroxyl groups excluding tert-OH is 3. The number of hydrogen-bond acceptors (Lipinski definition) is 8. The number of carbonyl (C=O) groups is 2. The van der Waals surface area contributed by atoms with Gasteiger partial charge in [0.25, 0.3) is 0 Å². The Balaban J connectivity index is 1.90. The Hall–Kier alpha value is -2.20. The van der Waals surface area contributed by atoms with Gasteiger partial charge in [0, 0.05) is 0 Å². The number of carboxylic acids is 1. The van der Waals surface area contributed by atoms with E-state index in [2.05, 4.69) is 0 Å². The van der Waals surface area contributed by atoms with E-state index in [0.29, 0.717) is 19.4 Å². The van der Waals surface area contributed by atoms with Crippen molar-refractivity contribution in [1.82, 2.24) is 0 Å². The molecule has 1 aliphatic heterocycles. The van der Waals surface area contributed by atoms with E-state index in [1.807, 2.05) is 32.0 Å². The SMILES string of the molecule is Cc1ccc(C)c(OCCCC(C)(C)C(=O)O[C@@H]2O[C@H](C(=O)O)[C@@H](O)[C@@H](O)[C@H]2O)c1. The van der Waals surface area contributed by atoms with Gasteiger partial charge in [0.05, 0.1) is 12.0 Å². The summed E-state index contributed by atoms with van der Waals surface area (Å²) in [6, 6.07) is 5.90. The van der Waals surface area contributed by atoms with Gasteiger partial charge in [-0.3, -0.25) is 4.79 Å². The maximum atomic E-state index is 12.6. The summed E-state index contributed by atoms with van der Waals surface area (Å²) in [6.07, 6.45) is -8.04. The summed E-state index contributed by atoms with van der Waals surface area (Å²) in [6.45, 7) is 7.58. The van der Waals surface area contributed by atoms with Crippen LogP contribution in [0.2, 0.25) is 0 Å². The van der Waals surface area contributed by atoms with Crippen molar-refractivity contribution in [3.05, 3.63) is 29.3 Å². The van der Waals surface area contributed by atoms with Crippen molar-refractivity contribution < 1.29 is 44.2 Å². The van der Waals surface area contributed by atoms with Crippen LogP contribution in [0, 0.1) is 19.3 Å². The first-order chi connectivity index (χ1) is 13.9. The third kappa shape index (κ3) is 5.69. The topological polar surface area (TPSA) is 143 Å². The van der Waals surface area contributed by atoms with Gasteiger partial charge < -0.3 is 34.6 Å². The van der Waals surface area contributed by atoms with Crippen molar-refractivity contribution in [3.8, 4) is 5.75 Å². The molecule has 0 bridgehead atoms. The number of benzene rings is 1. The Bertz CT molecular complexity index is 761. The quantitative estimate of drug-likeness (QED) is 0.352. The summed E-state index contributed by atoms with van der Waals surface area (Å²) in [4.78, 5) is 23.7. The van der Waals surface area contributed by atoms with Gasteiger partial charge in [0.1, 0.15) is 24.1 Å². The summed E-state index contributed by atoms with van der Waals surface area (Å²) in [7, 11) is 0. The van der Waals surface area contributed by atoms with Gasteiger partial charge >= 0.3 is 11.9 Å². The normalized spacial score (nSPS) is 26.8. The molecule has 1 aliphatic rings. The van der Waals surface area contributed by atoms with Crippen LogP contribution in [-0.4, -0.2) is 69.7 Å².